The Morgan fingerprint density at radius 3 is 2.00 bits per heavy atom. The van der Waals surface area contributed by atoms with Gasteiger partial charge in [0.15, 0.2) is 0 Å². The highest BCUT2D eigenvalue weighted by Crippen LogP contribution is 2.12. The molecular weight excluding hydrogens is 210 g/mol. The van der Waals surface area contributed by atoms with E-state index in [9.17, 15) is 4.79 Å². The molecule has 3 heteroatoms. The maximum atomic E-state index is 10.6. The van der Waals surface area contributed by atoms with E-state index in [0.717, 1.165) is 11.3 Å². The summed E-state index contributed by atoms with van der Waals surface area (Å²) < 4.78 is 0. The van der Waals surface area contributed by atoms with Crippen LogP contribution in [0.1, 0.15) is 19.4 Å². The molecule has 0 bridgehead atoms. The van der Waals surface area contributed by atoms with E-state index in [1.54, 1.807) is 0 Å². The SMILES string of the molecule is CC.CN(C)c1ccc(CC(=O)Cl)cc1. The third-order valence-electron chi connectivity index (χ3n) is 1.80. The zero-order valence-corrected chi connectivity index (χ0v) is 10.5. The van der Waals surface area contributed by atoms with Crippen LogP contribution >= 0.6 is 11.6 Å². The lowest BCUT2D eigenvalue weighted by Crippen LogP contribution is -2.08. The van der Waals surface area contributed by atoms with Crippen molar-refractivity contribution in [2.45, 2.75) is 20.3 Å². The fraction of sp³-hybridized carbons (Fsp3) is 0.417. The minimum atomic E-state index is -0.322. The molecule has 0 fully saturated rings. The van der Waals surface area contributed by atoms with E-state index in [-0.39, 0.29) is 5.24 Å². The van der Waals surface area contributed by atoms with Gasteiger partial charge in [-0.15, -0.1) is 0 Å². The number of benzene rings is 1. The molecule has 1 aromatic carbocycles. The van der Waals surface area contributed by atoms with Gasteiger partial charge >= 0.3 is 0 Å². The van der Waals surface area contributed by atoms with Crippen molar-refractivity contribution < 1.29 is 4.79 Å². The fourth-order valence-corrected chi connectivity index (χ4v) is 1.23. The van der Waals surface area contributed by atoms with E-state index < -0.39 is 0 Å². The number of nitrogens with zero attached hydrogens (tertiary/aromatic N) is 1. The summed E-state index contributed by atoms with van der Waals surface area (Å²) in [6.07, 6.45) is 0.301. The predicted molar refractivity (Wildman–Crippen MR) is 66.7 cm³/mol. The molecule has 0 N–H and O–H groups in total. The van der Waals surface area contributed by atoms with Crippen LogP contribution in [-0.2, 0) is 11.2 Å². The molecule has 0 unspecified atom stereocenters. The Bertz CT molecular complexity index is 293. The summed E-state index contributed by atoms with van der Waals surface area (Å²) in [5, 5.41) is -0.322. The number of halogens is 1. The molecule has 84 valence electrons. The van der Waals surface area contributed by atoms with Crippen LogP contribution < -0.4 is 4.90 Å². The Kier molecular flexibility index (Phi) is 6.80. The molecule has 0 spiro atoms. The Labute approximate surface area is 96.9 Å². The number of carbonyl (C=O) groups is 1. The normalized spacial score (nSPS) is 8.87. The number of rotatable bonds is 3. The van der Waals surface area contributed by atoms with Gasteiger partial charge in [-0.3, -0.25) is 4.79 Å². The van der Waals surface area contributed by atoms with E-state index in [0.29, 0.717) is 6.42 Å². The van der Waals surface area contributed by atoms with Crippen LogP contribution in [-0.4, -0.2) is 19.3 Å². The molecule has 0 saturated carbocycles. The van der Waals surface area contributed by atoms with Gasteiger partial charge in [0.25, 0.3) is 0 Å². The standard InChI is InChI=1S/C10H12ClNO.C2H6/c1-12(2)9-5-3-8(4-6-9)7-10(11)13;1-2/h3-6H,7H2,1-2H3;1-2H3. The van der Waals surface area contributed by atoms with Crippen molar-refractivity contribution in [3.05, 3.63) is 29.8 Å². The summed E-state index contributed by atoms with van der Waals surface area (Å²) in [6, 6.07) is 7.76. The van der Waals surface area contributed by atoms with Gasteiger partial charge in [-0.25, -0.2) is 0 Å². The number of hydrogen-bond acceptors (Lipinski definition) is 2. The van der Waals surface area contributed by atoms with Crippen LogP contribution in [0, 0.1) is 0 Å². The van der Waals surface area contributed by atoms with E-state index >= 15 is 0 Å². The van der Waals surface area contributed by atoms with Crippen molar-refractivity contribution in [2.24, 2.45) is 0 Å². The van der Waals surface area contributed by atoms with E-state index in [1.165, 1.54) is 0 Å². The Balaban J connectivity index is 0.000000921. The molecule has 15 heavy (non-hydrogen) atoms. The van der Waals surface area contributed by atoms with Gasteiger partial charge in [-0.2, -0.15) is 0 Å². The minimum Gasteiger partial charge on any atom is -0.378 e. The fourth-order valence-electron chi connectivity index (χ4n) is 1.07. The summed E-state index contributed by atoms with van der Waals surface area (Å²) >= 11 is 5.27. The molecular formula is C12H18ClNO. The molecule has 0 heterocycles. The monoisotopic (exact) mass is 227 g/mol. The summed E-state index contributed by atoms with van der Waals surface area (Å²) in [4.78, 5) is 12.6. The van der Waals surface area contributed by atoms with Crippen molar-refractivity contribution >= 4 is 22.5 Å². The third-order valence-corrected chi connectivity index (χ3v) is 1.93. The molecule has 0 atom stereocenters. The van der Waals surface area contributed by atoms with E-state index in [4.69, 9.17) is 11.6 Å². The predicted octanol–water partition coefficient (Wildman–Crippen LogP) is 3.09. The summed E-state index contributed by atoms with van der Waals surface area (Å²) in [7, 11) is 3.95. The largest absolute Gasteiger partial charge is 0.378 e. The van der Waals surface area contributed by atoms with Gasteiger partial charge in [0.1, 0.15) is 0 Å². The smallest absolute Gasteiger partial charge is 0.226 e. The summed E-state index contributed by atoms with van der Waals surface area (Å²) in [6.45, 7) is 4.00. The molecule has 0 aliphatic rings. The second-order valence-electron chi connectivity index (χ2n) is 3.09. The summed E-state index contributed by atoms with van der Waals surface area (Å²) in [5.41, 5.74) is 2.07. The second kappa shape index (κ2) is 7.30. The first-order valence-corrected chi connectivity index (χ1v) is 5.42. The Morgan fingerprint density at radius 2 is 1.67 bits per heavy atom. The first-order valence-electron chi connectivity index (χ1n) is 5.04. The van der Waals surface area contributed by atoms with Crippen LogP contribution in [0.5, 0.6) is 0 Å². The van der Waals surface area contributed by atoms with Gasteiger partial charge in [0.2, 0.25) is 5.24 Å². The second-order valence-corrected chi connectivity index (χ2v) is 3.51. The van der Waals surface area contributed by atoms with E-state index in [1.807, 2.05) is 57.1 Å². The number of anilines is 1. The van der Waals surface area contributed by atoms with Gasteiger partial charge in [-0.1, -0.05) is 26.0 Å². The molecule has 0 saturated heterocycles. The van der Waals surface area contributed by atoms with Gasteiger partial charge < -0.3 is 4.90 Å². The van der Waals surface area contributed by atoms with Crippen LogP contribution in [0.3, 0.4) is 0 Å². The van der Waals surface area contributed by atoms with Crippen molar-refractivity contribution in [2.75, 3.05) is 19.0 Å². The van der Waals surface area contributed by atoms with Crippen molar-refractivity contribution in [1.82, 2.24) is 0 Å². The lowest BCUT2D eigenvalue weighted by molar-refractivity contribution is -0.111. The van der Waals surface area contributed by atoms with Crippen molar-refractivity contribution in [1.29, 1.82) is 0 Å². The van der Waals surface area contributed by atoms with Crippen molar-refractivity contribution in [3.8, 4) is 0 Å². The average Bonchev–Trinajstić information content (AvgIpc) is 2.20. The third kappa shape index (κ3) is 5.43. The van der Waals surface area contributed by atoms with Gasteiger partial charge in [-0.05, 0) is 29.3 Å². The molecule has 2 nitrogen and oxygen atoms in total. The van der Waals surface area contributed by atoms with Crippen LogP contribution in [0.4, 0.5) is 5.69 Å². The molecule has 0 aromatic heterocycles. The molecule has 0 aliphatic carbocycles. The Morgan fingerprint density at radius 1 is 1.20 bits per heavy atom. The maximum Gasteiger partial charge on any atom is 0.226 e. The zero-order valence-electron chi connectivity index (χ0n) is 9.75. The zero-order chi connectivity index (χ0) is 11.8. The lowest BCUT2D eigenvalue weighted by Gasteiger charge is -2.12. The first kappa shape index (κ1) is 14.0. The highest BCUT2D eigenvalue weighted by molar-refractivity contribution is 6.63. The quantitative estimate of drug-likeness (QED) is 0.740. The molecule has 1 aromatic rings. The average molecular weight is 228 g/mol. The molecule has 1 rings (SSSR count). The van der Waals surface area contributed by atoms with E-state index in [2.05, 4.69) is 0 Å². The number of carbonyl (C=O) groups excluding carboxylic acids is 1. The topological polar surface area (TPSA) is 20.3 Å². The Hall–Kier alpha value is -1.02. The molecule has 0 radical (unpaired) electrons. The van der Waals surface area contributed by atoms with Crippen LogP contribution in [0.15, 0.2) is 24.3 Å². The van der Waals surface area contributed by atoms with Gasteiger partial charge in [0.05, 0.1) is 0 Å². The minimum absolute atomic E-state index is 0.301. The lowest BCUT2D eigenvalue weighted by atomic mass is 10.1. The van der Waals surface area contributed by atoms with Gasteiger partial charge in [0, 0.05) is 26.2 Å². The highest BCUT2D eigenvalue weighted by Gasteiger charge is 1.99. The maximum absolute atomic E-state index is 10.6. The highest BCUT2D eigenvalue weighted by atomic mass is 35.5. The first-order chi connectivity index (χ1) is 7.09. The van der Waals surface area contributed by atoms with Crippen LogP contribution in [0.2, 0.25) is 0 Å². The van der Waals surface area contributed by atoms with Crippen LogP contribution in [0.25, 0.3) is 0 Å². The number of hydrogen-bond donors (Lipinski definition) is 0. The van der Waals surface area contributed by atoms with Crippen molar-refractivity contribution in [3.63, 3.8) is 0 Å². The summed E-state index contributed by atoms with van der Waals surface area (Å²) in [5.74, 6) is 0. The molecule has 0 aliphatic heterocycles. The molecule has 0 amide bonds.